The summed E-state index contributed by atoms with van der Waals surface area (Å²) < 4.78 is 41.0. The number of halogens is 4. The van der Waals surface area contributed by atoms with Crippen LogP contribution in [-0.4, -0.2) is 41.5 Å². The molecule has 2 unspecified atom stereocenters. The lowest BCUT2D eigenvalue weighted by molar-refractivity contribution is -0.173. The molecule has 0 saturated carbocycles. The number of hydrogen-bond donors (Lipinski definition) is 0. The molecule has 2 aromatic rings. The molecule has 1 aromatic carbocycles. The maximum atomic E-state index is 13.4. The van der Waals surface area contributed by atoms with Gasteiger partial charge in [0.05, 0.1) is 22.3 Å². The Hall–Kier alpha value is -2.22. The number of amides is 1. The summed E-state index contributed by atoms with van der Waals surface area (Å²) in [6.07, 6.45) is -3.95. The second kappa shape index (κ2) is 6.99. The van der Waals surface area contributed by atoms with Crippen molar-refractivity contribution in [3.8, 4) is 0 Å². The van der Waals surface area contributed by atoms with Crippen LogP contribution in [0.4, 0.5) is 24.7 Å². The summed E-state index contributed by atoms with van der Waals surface area (Å²) in [7, 11) is 0. The molecular formula is C19H20ClF3N4O. The molecule has 3 heterocycles. The fourth-order valence-corrected chi connectivity index (χ4v) is 4.31. The molecule has 0 spiro atoms. The second-order valence-corrected chi connectivity index (χ2v) is 7.71. The predicted octanol–water partition coefficient (Wildman–Crippen LogP) is 4.21. The standard InChI is InChI=1S/C19H20ClF3N4O/c1-12-10-17-26(9-7-16(19(21,22)23)27(17)24-12)18(28)13-6-8-25(11-13)15-5-3-2-4-14(15)20/h2-5,10,13,16H,6-9,11H2,1H3. The summed E-state index contributed by atoms with van der Waals surface area (Å²) in [5.74, 6) is -0.217. The summed E-state index contributed by atoms with van der Waals surface area (Å²) in [4.78, 5) is 16.6. The van der Waals surface area contributed by atoms with Crippen LogP contribution in [-0.2, 0) is 4.79 Å². The molecule has 0 radical (unpaired) electrons. The molecule has 2 atom stereocenters. The van der Waals surface area contributed by atoms with Gasteiger partial charge in [0.15, 0.2) is 6.04 Å². The van der Waals surface area contributed by atoms with Crippen LogP contribution in [0.2, 0.25) is 5.02 Å². The van der Waals surface area contributed by atoms with Gasteiger partial charge in [-0.1, -0.05) is 23.7 Å². The molecule has 0 N–H and O–H groups in total. The Morgan fingerprint density at radius 2 is 1.96 bits per heavy atom. The number of benzene rings is 1. The van der Waals surface area contributed by atoms with Gasteiger partial charge in [0.1, 0.15) is 5.82 Å². The number of aryl methyl sites for hydroxylation is 1. The largest absolute Gasteiger partial charge is 0.410 e. The SMILES string of the molecule is Cc1cc2n(n1)C(C(F)(F)F)CCN2C(=O)C1CCN(c2ccccc2Cl)C1. The van der Waals surface area contributed by atoms with Gasteiger partial charge in [0, 0.05) is 25.7 Å². The van der Waals surface area contributed by atoms with Crippen molar-refractivity contribution in [1.82, 2.24) is 9.78 Å². The van der Waals surface area contributed by atoms with Crippen LogP contribution in [0.15, 0.2) is 30.3 Å². The highest BCUT2D eigenvalue weighted by atomic mass is 35.5. The van der Waals surface area contributed by atoms with Crippen molar-refractivity contribution in [3.05, 3.63) is 41.0 Å². The van der Waals surface area contributed by atoms with Crippen molar-refractivity contribution in [1.29, 1.82) is 0 Å². The number of alkyl halides is 3. The summed E-state index contributed by atoms with van der Waals surface area (Å²) in [6, 6.07) is 7.30. The smallest absolute Gasteiger partial charge is 0.370 e. The van der Waals surface area contributed by atoms with Crippen LogP contribution in [0, 0.1) is 12.8 Å². The highest BCUT2D eigenvalue weighted by molar-refractivity contribution is 6.33. The zero-order valence-electron chi connectivity index (χ0n) is 15.3. The lowest BCUT2D eigenvalue weighted by Crippen LogP contribution is -2.45. The predicted molar refractivity (Wildman–Crippen MR) is 101 cm³/mol. The molecule has 0 bridgehead atoms. The van der Waals surface area contributed by atoms with Crippen LogP contribution >= 0.6 is 11.6 Å². The third-order valence-corrected chi connectivity index (χ3v) is 5.73. The Morgan fingerprint density at radius 3 is 2.68 bits per heavy atom. The zero-order chi connectivity index (χ0) is 20.1. The van der Waals surface area contributed by atoms with Gasteiger partial charge in [-0.15, -0.1) is 0 Å². The van der Waals surface area contributed by atoms with Crippen molar-refractivity contribution in [2.75, 3.05) is 29.4 Å². The van der Waals surface area contributed by atoms with E-state index in [9.17, 15) is 18.0 Å². The van der Waals surface area contributed by atoms with Crippen LogP contribution in [0.3, 0.4) is 0 Å². The van der Waals surface area contributed by atoms with Gasteiger partial charge in [0.2, 0.25) is 5.91 Å². The first-order valence-electron chi connectivity index (χ1n) is 9.19. The van der Waals surface area contributed by atoms with E-state index in [4.69, 9.17) is 11.6 Å². The lowest BCUT2D eigenvalue weighted by Gasteiger charge is -2.35. The van der Waals surface area contributed by atoms with Crippen molar-refractivity contribution >= 4 is 29.0 Å². The van der Waals surface area contributed by atoms with E-state index in [0.29, 0.717) is 30.2 Å². The number of carbonyl (C=O) groups excluding carboxylic acids is 1. The molecule has 1 aromatic heterocycles. The van der Waals surface area contributed by atoms with E-state index >= 15 is 0 Å². The molecule has 1 saturated heterocycles. The highest BCUT2D eigenvalue weighted by Crippen LogP contribution is 2.40. The Kier molecular flexibility index (Phi) is 4.77. The van der Waals surface area contributed by atoms with Gasteiger partial charge in [-0.25, -0.2) is 4.68 Å². The van der Waals surface area contributed by atoms with E-state index in [1.807, 2.05) is 18.2 Å². The molecular weight excluding hydrogens is 393 g/mol. The number of hydrogen-bond acceptors (Lipinski definition) is 3. The van der Waals surface area contributed by atoms with Gasteiger partial charge in [-0.3, -0.25) is 9.69 Å². The lowest BCUT2D eigenvalue weighted by atomic mass is 10.1. The molecule has 1 amide bonds. The molecule has 2 aliphatic rings. The number of nitrogens with zero attached hydrogens (tertiary/aromatic N) is 4. The molecule has 0 aliphatic carbocycles. The van der Waals surface area contributed by atoms with Crippen molar-refractivity contribution in [2.45, 2.75) is 32.0 Å². The Bertz CT molecular complexity index is 898. The fourth-order valence-electron chi connectivity index (χ4n) is 4.06. The summed E-state index contributed by atoms with van der Waals surface area (Å²) in [6.45, 7) is 2.85. The molecule has 4 rings (SSSR count). The molecule has 2 aliphatic heterocycles. The summed E-state index contributed by atoms with van der Waals surface area (Å²) >= 11 is 6.25. The fraction of sp³-hybridized carbons (Fsp3) is 0.474. The van der Waals surface area contributed by atoms with E-state index in [0.717, 1.165) is 10.4 Å². The first-order valence-corrected chi connectivity index (χ1v) is 9.57. The second-order valence-electron chi connectivity index (χ2n) is 7.31. The monoisotopic (exact) mass is 412 g/mol. The quantitative estimate of drug-likeness (QED) is 0.742. The average Bonchev–Trinajstić information content (AvgIpc) is 3.26. The van der Waals surface area contributed by atoms with Gasteiger partial charge in [0.25, 0.3) is 0 Å². The molecule has 9 heteroatoms. The third-order valence-electron chi connectivity index (χ3n) is 5.41. The van der Waals surface area contributed by atoms with Crippen LogP contribution in [0.5, 0.6) is 0 Å². The number of fused-ring (bicyclic) bond motifs is 1. The van der Waals surface area contributed by atoms with Crippen LogP contribution in [0.1, 0.15) is 24.6 Å². The normalized spacial score (nSPS) is 22.5. The van der Waals surface area contributed by atoms with Crippen molar-refractivity contribution in [2.24, 2.45) is 5.92 Å². The van der Waals surface area contributed by atoms with Crippen molar-refractivity contribution < 1.29 is 18.0 Å². The van der Waals surface area contributed by atoms with Crippen LogP contribution in [0.25, 0.3) is 0 Å². The number of carbonyl (C=O) groups is 1. The van der Waals surface area contributed by atoms with E-state index < -0.39 is 12.2 Å². The third kappa shape index (κ3) is 3.34. The van der Waals surface area contributed by atoms with E-state index in [1.54, 1.807) is 19.1 Å². The Morgan fingerprint density at radius 1 is 1.21 bits per heavy atom. The average molecular weight is 413 g/mol. The van der Waals surface area contributed by atoms with Gasteiger partial charge in [-0.05, 0) is 31.9 Å². The Labute approximate surface area is 165 Å². The minimum absolute atomic E-state index is 0.0384. The summed E-state index contributed by atoms with van der Waals surface area (Å²) in [5, 5.41) is 4.63. The molecule has 5 nitrogen and oxygen atoms in total. The highest BCUT2D eigenvalue weighted by Gasteiger charge is 2.47. The first-order chi connectivity index (χ1) is 13.3. The first kappa shape index (κ1) is 19.1. The topological polar surface area (TPSA) is 41.4 Å². The minimum Gasteiger partial charge on any atom is -0.370 e. The zero-order valence-corrected chi connectivity index (χ0v) is 16.0. The van der Waals surface area contributed by atoms with Gasteiger partial charge < -0.3 is 4.90 Å². The van der Waals surface area contributed by atoms with E-state index in [-0.39, 0.29) is 30.6 Å². The van der Waals surface area contributed by atoms with Crippen molar-refractivity contribution in [3.63, 3.8) is 0 Å². The molecule has 28 heavy (non-hydrogen) atoms. The number of aromatic nitrogens is 2. The maximum absolute atomic E-state index is 13.4. The number of rotatable bonds is 2. The number of anilines is 2. The summed E-state index contributed by atoms with van der Waals surface area (Å²) in [5.41, 5.74) is 1.34. The minimum atomic E-state index is -4.39. The molecule has 1 fully saturated rings. The van der Waals surface area contributed by atoms with E-state index in [2.05, 4.69) is 10.00 Å². The Balaban J connectivity index is 1.55. The number of para-hydroxylation sites is 1. The van der Waals surface area contributed by atoms with Crippen LogP contribution < -0.4 is 9.80 Å². The van der Waals surface area contributed by atoms with Gasteiger partial charge >= 0.3 is 6.18 Å². The van der Waals surface area contributed by atoms with Gasteiger partial charge in [-0.2, -0.15) is 18.3 Å². The van der Waals surface area contributed by atoms with E-state index in [1.165, 1.54) is 4.90 Å². The maximum Gasteiger partial charge on any atom is 0.410 e. The molecule has 150 valence electrons.